The molecule has 0 aliphatic heterocycles. The summed E-state index contributed by atoms with van der Waals surface area (Å²) in [7, 11) is 0. The largest absolute Gasteiger partial charge is 0.504 e. The Kier molecular flexibility index (Phi) is 4.29. The van der Waals surface area contributed by atoms with Crippen LogP contribution in [0.4, 0.5) is 0 Å². The summed E-state index contributed by atoms with van der Waals surface area (Å²) in [6.07, 6.45) is 0.909. The van der Waals surface area contributed by atoms with Crippen LogP contribution >= 0.6 is 0 Å². The normalized spacial score (nSPS) is 10.7. The molecule has 3 rings (SSSR count). The van der Waals surface area contributed by atoms with E-state index >= 15 is 0 Å². The fourth-order valence-electron chi connectivity index (χ4n) is 2.75. The molecule has 0 radical (unpaired) electrons. The van der Waals surface area contributed by atoms with Crippen molar-refractivity contribution >= 4 is 0 Å². The van der Waals surface area contributed by atoms with E-state index in [0.29, 0.717) is 24.0 Å². The average Bonchev–Trinajstić information content (AvgIpc) is 2.58. The molecule has 122 valence electrons. The van der Waals surface area contributed by atoms with Gasteiger partial charge in [0, 0.05) is 24.0 Å². The lowest BCUT2D eigenvalue weighted by atomic mass is 9.94. The van der Waals surface area contributed by atoms with E-state index in [1.54, 1.807) is 24.3 Å². The lowest BCUT2D eigenvalue weighted by molar-refractivity contribution is 0.399. The molecule has 0 atom stereocenters. The van der Waals surface area contributed by atoms with Gasteiger partial charge < -0.3 is 20.4 Å². The molecule has 0 fully saturated rings. The molecule has 3 aromatic rings. The Labute approximate surface area is 139 Å². The second-order valence-corrected chi connectivity index (χ2v) is 5.69. The molecule has 0 amide bonds. The number of aromatic hydroxyl groups is 4. The Balaban J connectivity index is 1.94. The Morgan fingerprint density at radius 2 is 0.833 bits per heavy atom. The molecule has 0 spiro atoms. The third-order valence-corrected chi connectivity index (χ3v) is 4.08. The van der Waals surface area contributed by atoms with Crippen molar-refractivity contribution in [1.29, 1.82) is 0 Å². The minimum atomic E-state index is -0.143. The van der Waals surface area contributed by atoms with E-state index in [2.05, 4.69) is 0 Å². The van der Waals surface area contributed by atoms with Crippen molar-refractivity contribution in [3.8, 4) is 23.0 Å². The van der Waals surface area contributed by atoms with Gasteiger partial charge in [-0.1, -0.05) is 48.5 Å². The lowest BCUT2D eigenvalue weighted by Crippen LogP contribution is -1.98. The molecule has 24 heavy (non-hydrogen) atoms. The monoisotopic (exact) mass is 322 g/mol. The molecule has 0 bridgehead atoms. The summed E-state index contributed by atoms with van der Waals surface area (Å²) in [5, 5.41) is 39.3. The van der Waals surface area contributed by atoms with Crippen molar-refractivity contribution in [3.63, 3.8) is 0 Å². The van der Waals surface area contributed by atoms with Gasteiger partial charge in [-0.25, -0.2) is 0 Å². The van der Waals surface area contributed by atoms with Crippen LogP contribution in [0.2, 0.25) is 0 Å². The molecule has 3 aromatic carbocycles. The Morgan fingerprint density at radius 3 is 1.25 bits per heavy atom. The van der Waals surface area contributed by atoms with Gasteiger partial charge in [-0.15, -0.1) is 0 Å². The number of para-hydroxylation sites is 2. The van der Waals surface area contributed by atoms with Crippen LogP contribution < -0.4 is 0 Å². The number of benzene rings is 3. The number of rotatable bonds is 4. The van der Waals surface area contributed by atoms with Gasteiger partial charge in [-0.05, 0) is 23.3 Å². The highest BCUT2D eigenvalue weighted by molar-refractivity contribution is 5.50. The number of phenols is 4. The highest BCUT2D eigenvalue weighted by Gasteiger charge is 2.12. The van der Waals surface area contributed by atoms with Gasteiger partial charge in [0.2, 0.25) is 0 Å². The lowest BCUT2D eigenvalue weighted by Gasteiger charge is -2.12. The smallest absolute Gasteiger partial charge is 0.161 e. The molecule has 0 saturated heterocycles. The van der Waals surface area contributed by atoms with Crippen LogP contribution in [0.5, 0.6) is 23.0 Å². The molecule has 4 N–H and O–H groups in total. The first-order chi connectivity index (χ1) is 11.6. The van der Waals surface area contributed by atoms with Crippen LogP contribution in [-0.2, 0) is 12.8 Å². The third kappa shape index (κ3) is 3.13. The maximum Gasteiger partial charge on any atom is 0.161 e. The zero-order chi connectivity index (χ0) is 17.1. The highest BCUT2D eigenvalue weighted by atomic mass is 16.3. The summed E-state index contributed by atoms with van der Waals surface area (Å²) in [4.78, 5) is 0. The fourth-order valence-corrected chi connectivity index (χ4v) is 2.75. The Morgan fingerprint density at radius 1 is 0.458 bits per heavy atom. The van der Waals surface area contributed by atoms with Gasteiger partial charge in [-0.2, -0.15) is 0 Å². The fraction of sp³-hybridized carbons (Fsp3) is 0.100. The van der Waals surface area contributed by atoms with Gasteiger partial charge in [0.1, 0.15) is 0 Å². The molecule has 0 aromatic heterocycles. The van der Waals surface area contributed by atoms with E-state index in [4.69, 9.17) is 0 Å². The van der Waals surface area contributed by atoms with Crippen LogP contribution in [0.1, 0.15) is 22.3 Å². The van der Waals surface area contributed by atoms with Gasteiger partial charge in [-0.3, -0.25) is 0 Å². The molecular formula is C20H18O4. The first-order valence-corrected chi connectivity index (χ1v) is 7.62. The molecule has 0 saturated carbocycles. The summed E-state index contributed by atoms with van der Waals surface area (Å²) in [6.45, 7) is 0. The van der Waals surface area contributed by atoms with Crippen molar-refractivity contribution in [2.45, 2.75) is 12.8 Å². The van der Waals surface area contributed by atoms with Crippen molar-refractivity contribution < 1.29 is 20.4 Å². The van der Waals surface area contributed by atoms with Gasteiger partial charge in [0.15, 0.2) is 23.0 Å². The van der Waals surface area contributed by atoms with Crippen molar-refractivity contribution in [1.82, 2.24) is 0 Å². The zero-order valence-corrected chi connectivity index (χ0v) is 13.0. The Bertz CT molecular complexity index is 799. The molecule has 4 nitrogen and oxygen atoms in total. The summed E-state index contributed by atoms with van der Waals surface area (Å²) < 4.78 is 0. The predicted molar refractivity (Wildman–Crippen MR) is 91.6 cm³/mol. The molecule has 0 aliphatic carbocycles. The average molecular weight is 322 g/mol. The van der Waals surface area contributed by atoms with Gasteiger partial charge in [0.05, 0.1) is 0 Å². The maximum absolute atomic E-state index is 10.00. The first-order valence-electron chi connectivity index (χ1n) is 7.62. The first kappa shape index (κ1) is 15.7. The van der Waals surface area contributed by atoms with E-state index < -0.39 is 0 Å². The standard InChI is InChI=1S/C20H18O4/c21-17-9-3-7-15(19(17)23)11-13-5-1-2-6-14(13)12-16-8-4-10-18(22)20(16)24/h1-10,21-24H,11-12H2. The van der Waals surface area contributed by atoms with Crippen molar-refractivity contribution in [3.05, 3.63) is 82.9 Å². The second kappa shape index (κ2) is 6.54. The number of hydrogen-bond donors (Lipinski definition) is 4. The number of phenolic OH excluding ortho intramolecular Hbond substituents is 4. The van der Waals surface area contributed by atoms with Gasteiger partial charge in [0.25, 0.3) is 0 Å². The maximum atomic E-state index is 10.00. The molecule has 0 heterocycles. The van der Waals surface area contributed by atoms with Gasteiger partial charge >= 0.3 is 0 Å². The molecule has 0 aliphatic rings. The van der Waals surface area contributed by atoms with Crippen molar-refractivity contribution in [2.24, 2.45) is 0 Å². The summed E-state index contributed by atoms with van der Waals surface area (Å²) in [5.41, 5.74) is 3.20. The third-order valence-electron chi connectivity index (χ3n) is 4.08. The van der Waals surface area contributed by atoms with E-state index in [-0.39, 0.29) is 23.0 Å². The van der Waals surface area contributed by atoms with E-state index in [9.17, 15) is 20.4 Å². The number of hydrogen-bond acceptors (Lipinski definition) is 4. The summed E-state index contributed by atoms with van der Waals surface area (Å²) in [6, 6.07) is 17.5. The van der Waals surface area contributed by atoms with E-state index in [0.717, 1.165) is 11.1 Å². The van der Waals surface area contributed by atoms with E-state index in [1.807, 2.05) is 24.3 Å². The van der Waals surface area contributed by atoms with Crippen molar-refractivity contribution in [2.75, 3.05) is 0 Å². The summed E-state index contributed by atoms with van der Waals surface area (Å²) >= 11 is 0. The highest BCUT2D eigenvalue weighted by Crippen LogP contribution is 2.33. The molecule has 0 unspecified atom stereocenters. The van der Waals surface area contributed by atoms with Crippen LogP contribution in [0.15, 0.2) is 60.7 Å². The minimum absolute atomic E-state index is 0.118. The minimum Gasteiger partial charge on any atom is -0.504 e. The molecule has 4 heteroatoms. The van der Waals surface area contributed by atoms with E-state index in [1.165, 1.54) is 12.1 Å². The quantitative estimate of drug-likeness (QED) is 0.552. The van der Waals surface area contributed by atoms with Crippen LogP contribution in [0.25, 0.3) is 0 Å². The predicted octanol–water partition coefficient (Wildman–Crippen LogP) is 3.69. The second-order valence-electron chi connectivity index (χ2n) is 5.69. The van der Waals surface area contributed by atoms with Crippen LogP contribution in [0.3, 0.4) is 0 Å². The molecular weight excluding hydrogens is 304 g/mol. The topological polar surface area (TPSA) is 80.9 Å². The van der Waals surface area contributed by atoms with Crippen LogP contribution in [-0.4, -0.2) is 20.4 Å². The SMILES string of the molecule is Oc1cccc(Cc2ccccc2Cc2cccc(O)c2O)c1O. The summed E-state index contributed by atoms with van der Waals surface area (Å²) in [5.74, 6) is -0.522. The zero-order valence-electron chi connectivity index (χ0n) is 13.0. The van der Waals surface area contributed by atoms with Crippen LogP contribution in [0, 0.1) is 0 Å². The Hall–Kier alpha value is -3.14.